The minimum absolute atomic E-state index is 0.240. The Hall–Kier alpha value is -3.27. The number of ether oxygens (including phenoxy) is 3. The fraction of sp³-hybridized carbons (Fsp3) is 0.350. The van der Waals surface area contributed by atoms with E-state index in [-0.39, 0.29) is 6.54 Å². The molecule has 7 nitrogen and oxygen atoms in total. The first-order valence-corrected chi connectivity index (χ1v) is 8.27. The lowest BCUT2D eigenvalue weighted by molar-refractivity contribution is -0.155. The summed E-state index contributed by atoms with van der Waals surface area (Å²) in [5, 5.41) is 9.38. The average Bonchev–Trinajstić information content (AvgIpc) is 2.60. The summed E-state index contributed by atoms with van der Waals surface area (Å²) in [6.07, 6.45) is 1.43. The Bertz CT molecular complexity index is 948. The highest BCUT2D eigenvalue weighted by Gasteiger charge is 2.19. The maximum atomic E-state index is 12.5. The van der Waals surface area contributed by atoms with Gasteiger partial charge in [-0.05, 0) is 39.0 Å². The van der Waals surface area contributed by atoms with E-state index in [0.717, 1.165) is 0 Å². The number of aromatic nitrogens is 1. The van der Waals surface area contributed by atoms with Crippen LogP contribution in [0.3, 0.4) is 0 Å². The van der Waals surface area contributed by atoms with Crippen molar-refractivity contribution in [1.82, 2.24) is 4.57 Å². The number of esters is 1. The molecule has 0 aliphatic carbocycles. The number of methoxy groups -OCH3 is 2. The average molecular weight is 370 g/mol. The third-order valence-electron chi connectivity index (χ3n) is 3.67. The predicted molar refractivity (Wildman–Crippen MR) is 99.8 cm³/mol. The lowest BCUT2D eigenvalue weighted by atomic mass is 10.00. The third-order valence-corrected chi connectivity index (χ3v) is 3.67. The Kier molecular flexibility index (Phi) is 5.91. The van der Waals surface area contributed by atoms with Crippen molar-refractivity contribution in [2.75, 3.05) is 14.2 Å². The molecule has 0 N–H and O–H groups in total. The summed E-state index contributed by atoms with van der Waals surface area (Å²) < 4.78 is 17.1. The number of benzene rings is 1. The maximum Gasteiger partial charge on any atom is 0.326 e. The zero-order valence-corrected chi connectivity index (χ0v) is 16.0. The van der Waals surface area contributed by atoms with Gasteiger partial charge in [0.2, 0.25) is 0 Å². The van der Waals surface area contributed by atoms with E-state index in [4.69, 9.17) is 14.2 Å². The van der Waals surface area contributed by atoms with E-state index in [1.54, 1.807) is 39.0 Å². The standard InChI is InChI=1S/C20H22N2O5/c1-20(2,3)27-19(24)12-22-11-17(26-5)16(9-18(22)23)15-8-14(25-4)7-6-13(15)10-21/h6-9,11H,12H2,1-5H3. The van der Waals surface area contributed by atoms with Crippen LogP contribution in [-0.4, -0.2) is 30.4 Å². The molecule has 0 radical (unpaired) electrons. The van der Waals surface area contributed by atoms with E-state index < -0.39 is 17.1 Å². The molecular weight excluding hydrogens is 348 g/mol. The van der Waals surface area contributed by atoms with Gasteiger partial charge in [0.15, 0.2) is 0 Å². The zero-order chi connectivity index (χ0) is 20.2. The smallest absolute Gasteiger partial charge is 0.326 e. The first kappa shape index (κ1) is 20.0. The van der Waals surface area contributed by atoms with Gasteiger partial charge in [-0.2, -0.15) is 5.26 Å². The minimum Gasteiger partial charge on any atom is -0.497 e. The fourth-order valence-electron chi connectivity index (χ4n) is 2.53. The van der Waals surface area contributed by atoms with Gasteiger partial charge in [-0.15, -0.1) is 0 Å². The highest BCUT2D eigenvalue weighted by Crippen LogP contribution is 2.33. The molecule has 0 amide bonds. The molecular formula is C20H22N2O5. The van der Waals surface area contributed by atoms with Crippen molar-refractivity contribution < 1.29 is 19.0 Å². The number of nitrogens with zero attached hydrogens (tertiary/aromatic N) is 2. The Balaban J connectivity index is 2.50. The molecule has 1 heterocycles. The van der Waals surface area contributed by atoms with Crippen molar-refractivity contribution >= 4 is 5.97 Å². The van der Waals surface area contributed by atoms with Crippen LogP contribution in [0.5, 0.6) is 11.5 Å². The Morgan fingerprint density at radius 3 is 2.41 bits per heavy atom. The van der Waals surface area contributed by atoms with Crippen LogP contribution in [0.1, 0.15) is 26.3 Å². The number of hydrogen-bond donors (Lipinski definition) is 0. The predicted octanol–water partition coefficient (Wildman–Crippen LogP) is 2.75. The quantitative estimate of drug-likeness (QED) is 0.752. The van der Waals surface area contributed by atoms with Crippen LogP contribution in [0.25, 0.3) is 11.1 Å². The molecule has 0 bridgehead atoms. The number of carbonyl (C=O) groups excluding carboxylic acids is 1. The summed E-state index contributed by atoms with van der Waals surface area (Å²) >= 11 is 0. The number of carbonyl (C=O) groups is 1. The van der Waals surface area contributed by atoms with E-state index in [1.165, 1.54) is 31.0 Å². The summed E-state index contributed by atoms with van der Waals surface area (Å²) in [6.45, 7) is 5.02. The molecule has 7 heteroatoms. The van der Waals surface area contributed by atoms with Gasteiger partial charge in [0, 0.05) is 17.2 Å². The van der Waals surface area contributed by atoms with E-state index in [2.05, 4.69) is 6.07 Å². The molecule has 0 spiro atoms. The monoisotopic (exact) mass is 370 g/mol. The van der Waals surface area contributed by atoms with E-state index >= 15 is 0 Å². The minimum atomic E-state index is -0.646. The Labute approximate surface area is 157 Å². The van der Waals surface area contributed by atoms with Gasteiger partial charge in [0.25, 0.3) is 5.56 Å². The van der Waals surface area contributed by atoms with Crippen LogP contribution in [-0.2, 0) is 16.1 Å². The molecule has 27 heavy (non-hydrogen) atoms. The molecule has 1 aromatic heterocycles. The molecule has 0 aliphatic rings. The van der Waals surface area contributed by atoms with Crippen molar-refractivity contribution in [3.05, 3.63) is 46.4 Å². The van der Waals surface area contributed by atoms with E-state index in [1.807, 2.05) is 0 Å². The maximum absolute atomic E-state index is 12.5. The zero-order valence-electron chi connectivity index (χ0n) is 16.0. The Morgan fingerprint density at radius 1 is 1.15 bits per heavy atom. The summed E-state index contributed by atoms with van der Waals surface area (Å²) in [5.74, 6) is 0.366. The van der Waals surface area contributed by atoms with Crippen molar-refractivity contribution in [3.8, 4) is 28.7 Å². The second-order valence-electron chi connectivity index (χ2n) is 6.83. The largest absolute Gasteiger partial charge is 0.497 e. The SMILES string of the molecule is COc1ccc(C#N)c(-c2cc(=O)n(CC(=O)OC(C)(C)C)cc2OC)c1. The van der Waals surface area contributed by atoms with E-state index in [9.17, 15) is 14.9 Å². The normalized spacial score (nSPS) is 10.8. The second kappa shape index (κ2) is 7.96. The summed E-state index contributed by atoms with van der Waals surface area (Å²) in [6, 6.07) is 8.36. The van der Waals surface area contributed by atoms with Gasteiger partial charge in [-0.3, -0.25) is 9.59 Å². The lowest BCUT2D eigenvalue weighted by Gasteiger charge is -2.20. The second-order valence-corrected chi connectivity index (χ2v) is 6.83. The highest BCUT2D eigenvalue weighted by molar-refractivity contribution is 5.77. The topological polar surface area (TPSA) is 90.6 Å². The van der Waals surface area contributed by atoms with Gasteiger partial charge in [0.1, 0.15) is 23.6 Å². The van der Waals surface area contributed by atoms with Gasteiger partial charge in [-0.1, -0.05) is 0 Å². The molecule has 2 rings (SSSR count). The molecule has 0 fully saturated rings. The van der Waals surface area contributed by atoms with Crippen LogP contribution in [0.4, 0.5) is 0 Å². The lowest BCUT2D eigenvalue weighted by Crippen LogP contribution is -2.30. The van der Waals surface area contributed by atoms with Crippen LogP contribution in [0.15, 0.2) is 35.3 Å². The van der Waals surface area contributed by atoms with Crippen LogP contribution >= 0.6 is 0 Å². The summed E-state index contributed by atoms with van der Waals surface area (Å²) in [5.41, 5.74) is 0.267. The molecule has 142 valence electrons. The van der Waals surface area contributed by atoms with Crippen molar-refractivity contribution in [2.24, 2.45) is 0 Å². The first-order valence-electron chi connectivity index (χ1n) is 8.27. The number of hydrogen-bond acceptors (Lipinski definition) is 6. The van der Waals surface area contributed by atoms with Gasteiger partial charge in [-0.25, -0.2) is 0 Å². The first-order chi connectivity index (χ1) is 12.7. The molecule has 0 aliphatic heterocycles. The van der Waals surface area contributed by atoms with Gasteiger partial charge in [0.05, 0.1) is 32.0 Å². The molecule has 2 aromatic rings. The van der Waals surface area contributed by atoms with E-state index in [0.29, 0.717) is 28.2 Å². The van der Waals surface area contributed by atoms with Crippen LogP contribution in [0, 0.1) is 11.3 Å². The number of nitriles is 1. The molecule has 1 aromatic carbocycles. The highest BCUT2D eigenvalue weighted by atomic mass is 16.6. The van der Waals surface area contributed by atoms with Crippen molar-refractivity contribution in [3.63, 3.8) is 0 Å². The van der Waals surface area contributed by atoms with Gasteiger partial charge >= 0.3 is 5.97 Å². The Morgan fingerprint density at radius 2 is 1.85 bits per heavy atom. The number of pyridine rings is 1. The summed E-state index contributed by atoms with van der Waals surface area (Å²) in [7, 11) is 2.97. The van der Waals surface area contributed by atoms with Crippen molar-refractivity contribution in [2.45, 2.75) is 32.9 Å². The molecule has 0 unspecified atom stereocenters. The van der Waals surface area contributed by atoms with Crippen LogP contribution < -0.4 is 15.0 Å². The molecule has 0 atom stereocenters. The van der Waals surface area contributed by atoms with Crippen LogP contribution in [0.2, 0.25) is 0 Å². The van der Waals surface area contributed by atoms with Crippen molar-refractivity contribution in [1.29, 1.82) is 5.26 Å². The molecule has 0 saturated heterocycles. The summed E-state index contributed by atoms with van der Waals surface area (Å²) in [4.78, 5) is 24.6. The fourth-order valence-corrected chi connectivity index (χ4v) is 2.53. The number of rotatable bonds is 5. The molecule has 0 saturated carbocycles. The third kappa shape index (κ3) is 4.88. The van der Waals surface area contributed by atoms with Gasteiger partial charge < -0.3 is 18.8 Å².